The molecule has 0 radical (unpaired) electrons. The number of alkyl halides is 3. The van der Waals surface area contributed by atoms with Gasteiger partial charge in [0.1, 0.15) is 17.2 Å². The number of carboxylic acid groups (broad SMARTS) is 1. The van der Waals surface area contributed by atoms with E-state index >= 15 is 0 Å². The van der Waals surface area contributed by atoms with Crippen LogP contribution in [0.3, 0.4) is 0 Å². The van der Waals surface area contributed by atoms with Gasteiger partial charge >= 0.3 is 12.5 Å². The Morgan fingerprint density at radius 1 is 1.10 bits per heavy atom. The number of para-hydroxylation sites is 1. The number of piperidine rings is 1. The molecule has 12 heteroatoms. The number of halogens is 3. The van der Waals surface area contributed by atoms with Crippen molar-refractivity contribution in [3.05, 3.63) is 60.0 Å². The predicted octanol–water partition coefficient (Wildman–Crippen LogP) is 6.85. The number of aryl methyl sites for hydroxylation is 1. The van der Waals surface area contributed by atoms with E-state index in [1.165, 1.54) is 18.2 Å². The highest BCUT2D eigenvalue weighted by atomic mass is 19.4. The quantitative estimate of drug-likeness (QED) is 0.229. The zero-order valence-corrected chi connectivity index (χ0v) is 22.2. The maximum atomic E-state index is 13.0. The topological polar surface area (TPSA) is 99.2 Å². The number of carbonyl (C=O) groups is 1. The lowest BCUT2D eigenvalue weighted by molar-refractivity contribution is -0.274. The van der Waals surface area contributed by atoms with Crippen LogP contribution < -0.4 is 14.4 Å². The molecular formula is C29H28F3N3O6. The van der Waals surface area contributed by atoms with Crippen molar-refractivity contribution in [1.82, 2.24) is 9.72 Å². The third-order valence-electron chi connectivity index (χ3n) is 7.54. The average molecular weight is 572 g/mol. The highest BCUT2D eigenvalue weighted by Gasteiger charge is 2.36. The Kier molecular flexibility index (Phi) is 7.02. The molecule has 1 N–H and O–H groups in total. The van der Waals surface area contributed by atoms with Crippen LogP contribution in [0.4, 0.5) is 23.7 Å². The van der Waals surface area contributed by atoms with Crippen molar-refractivity contribution in [3.8, 4) is 22.8 Å². The summed E-state index contributed by atoms with van der Waals surface area (Å²) in [6, 6.07) is 11.7. The lowest BCUT2D eigenvalue weighted by atomic mass is 10.0. The molecule has 2 aromatic carbocycles. The molecule has 1 saturated carbocycles. The van der Waals surface area contributed by atoms with E-state index < -0.39 is 12.5 Å². The zero-order chi connectivity index (χ0) is 28.7. The lowest BCUT2D eigenvalue weighted by Crippen LogP contribution is -2.37. The van der Waals surface area contributed by atoms with Gasteiger partial charge in [0, 0.05) is 54.5 Å². The average Bonchev–Trinajstić information content (AvgIpc) is 3.62. The predicted molar refractivity (Wildman–Crippen MR) is 142 cm³/mol. The second kappa shape index (κ2) is 10.7. The molecule has 6 rings (SSSR count). The van der Waals surface area contributed by atoms with Gasteiger partial charge in [-0.25, -0.2) is 4.79 Å². The molecule has 2 fully saturated rings. The molecule has 216 valence electrons. The molecule has 9 nitrogen and oxygen atoms in total. The highest BCUT2D eigenvalue weighted by Crippen LogP contribution is 2.46. The molecular weight excluding hydrogens is 543 g/mol. The number of aromatic nitrogens is 2. The van der Waals surface area contributed by atoms with Crippen molar-refractivity contribution < 1.29 is 41.8 Å². The molecule has 0 bridgehead atoms. The second-order valence-corrected chi connectivity index (χ2v) is 10.4. The van der Waals surface area contributed by atoms with Crippen molar-refractivity contribution in [2.24, 2.45) is 7.05 Å². The van der Waals surface area contributed by atoms with Gasteiger partial charge in [-0.05, 0) is 56.0 Å². The Morgan fingerprint density at radius 3 is 2.56 bits per heavy atom. The highest BCUT2D eigenvalue weighted by molar-refractivity contribution is 5.91. The number of fused-ring (bicyclic) bond motifs is 1. The van der Waals surface area contributed by atoms with Crippen LogP contribution in [0.25, 0.3) is 22.2 Å². The van der Waals surface area contributed by atoms with E-state index in [0.29, 0.717) is 22.8 Å². The van der Waals surface area contributed by atoms with E-state index in [4.69, 9.17) is 19.1 Å². The largest absolute Gasteiger partial charge is 0.573 e. The summed E-state index contributed by atoms with van der Waals surface area (Å²) in [7, 11) is 1.84. The molecule has 1 aliphatic heterocycles. The van der Waals surface area contributed by atoms with Crippen LogP contribution in [-0.4, -0.2) is 46.5 Å². The molecule has 1 saturated heterocycles. The Labute approximate surface area is 233 Å². The first-order valence-corrected chi connectivity index (χ1v) is 13.4. The molecule has 0 amide bonds. The molecule has 1 aliphatic carbocycles. The first-order valence-electron chi connectivity index (χ1n) is 13.4. The van der Waals surface area contributed by atoms with E-state index in [2.05, 4.69) is 14.8 Å². The maximum Gasteiger partial charge on any atom is 0.573 e. The van der Waals surface area contributed by atoms with Crippen LogP contribution in [0.1, 0.15) is 42.9 Å². The lowest BCUT2D eigenvalue weighted by Gasteiger charge is -2.33. The number of nitrogens with zero attached hydrogens (tertiary/aromatic N) is 3. The second-order valence-electron chi connectivity index (χ2n) is 10.4. The summed E-state index contributed by atoms with van der Waals surface area (Å²) < 4.78 is 62.1. The van der Waals surface area contributed by atoms with Crippen molar-refractivity contribution in [3.63, 3.8) is 0 Å². The molecule has 3 heterocycles. The van der Waals surface area contributed by atoms with Crippen LogP contribution >= 0.6 is 0 Å². The summed E-state index contributed by atoms with van der Waals surface area (Å²) in [5.41, 5.74) is 3.06. The van der Waals surface area contributed by atoms with Crippen molar-refractivity contribution >= 4 is 22.7 Å². The summed E-state index contributed by atoms with van der Waals surface area (Å²) in [5.74, 6) is 0.824. The minimum Gasteiger partial charge on any atom is -0.449 e. The third-order valence-corrected chi connectivity index (χ3v) is 7.54. The van der Waals surface area contributed by atoms with Gasteiger partial charge in [0.15, 0.2) is 5.75 Å². The van der Waals surface area contributed by atoms with E-state index in [0.717, 1.165) is 55.4 Å². The number of hydrogen-bond donors (Lipinski definition) is 1. The van der Waals surface area contributed by atoms with Gasteiger partial charge in [-0.15, -0.1) is 13.2 Å². The number of rotatable bonds is 8. The summed E-state index contributed by atoms with van der Waals surface area (Å²) in [5, 5.41) is 13.9. The number of ether oxygens (including phenoxy) is 3. The number of hydrogen-bond acceptors (Lipinski definition) is 7. The Balaban J connectivity index is 1.14. The van der Waals surface area contributed by atoms with Crippen LogP contribution in [0.2, 0.25) is 0 Å². The number of anilines is 1. The van der Waals surface area contributed by atoms with Gasteiger partial charge in [-0.2, -0.15) is 0 Å². The summed E-state index contributed by atoms with van der Waals surface area (Å²) >= 11 is 0. The van der Waals surface area contributed by atoms with Crippen molar-refractivity contribution in [2.75, 3.05) is 18.0 Å². The fraction of sp³-hybridized carbons (Fsp3) is 0.379. The molecule has 41 heavy (non-hydrogen) atoms. The first-order chi connectivity index (χ1) is 19.7. The molecule has 4 aromatic rings. The van der Waals surface area contributed by atoms with Gasteiger partial charge in [0.25, 0.3) is 0 Å². The Hall–Kier alpha value is -4.19. The summed E-state index contributed by atoms with van der Waals surface area (Å²) in [4.78, 5) is 13.2. The van der Waals surface area contributed by atoms with E-state index in [-0.39, 0.29) is 29.9 Å². The van der Waals surface area contributed by atoms with Crippen LogP contribution in [-0.2, 0) is 18.4 Å². The van der Waals surface area contributed by atoms with Gasteiger partial charge in [-0.3, -0.25) is 0 Å². The zero-order valence-electron chi connectivity index (χ0n) is 22.2. The van der Waals surface area contributed by atoms with Crippen LogP contribution in [0.15, 0.2) is 53.2 Å². The minimum atomic E-state index is -4.83. The molecule has 2 aliphatic rings. The van der Waals surface area contributed by atoms with Gasteiger partial charge < -0.3 is 33.3 Å². The smallest absolute Gasteiger partial charge is 0.449 e. The van der Waals surface area contributed by atoms with Gasteiger partial charge in [-0.1, -0.05) is 17.3 Å². The number of benzene rings is 2. The van der Waals surface area contributed by atoms with Crippen molar-refractivity contribution in [2.45, 2.75) is 50.7 Å². The Morgan fingerprint density at radius 2 is 1.85 bits per heavy atom. The van der Waals surface area contributed by atoms with Crippen LogP contribution in [0.5, 0.6) is 11.5 Å². The molecule has 0 unspecified atom stereocenters. The maximum absolute atomic E-state index is 13.0. The summed E-state index contributed by atoms with van der Waals surface area (Å²) in [6.45, 7) is 1.66. The van der Waals surface area contributed by atoms with Crippen LogP contribution in [0, 0.1) is 0 Å². The van der Waals surface area contributed by atoms with Gasteiger partial charge in [0.05, 0.1) is 18.2 Å². The van der Waals surface area contributed by atoms with E-state index in [9.17, 15) is 18.0 Å². The fourth-order valence-electron chi connectivity index (χ4n) is 5.40. The fourth-order valence-corrected chi connectivity index (χ4v) is 5.40. The van der Waals surface area contributed by atoms with E-state index in [1.54, 1.807) is 12.3 Å². The third kappa shape index (κ3) is 5.83. The normalized spacial score (nSPS) is 16.3. The van der Waals surface area contributed by atoms with Crippen molar-refractivity contribution in [1.29, 1.82) is 0 Å². The first kappa shape index (κ1) is 27.0. The SMILES string of the molecule is Cn1cc(OC(=O)O)c2ccc(N3CCC(OCc4c(-c5ccccc5OC(F)(F)F)noc4C4CC4)CC3)cc21. The van der Waals surface area contributed by atoms with Gasteiger partial charge in [0.2, 0.25) is 0 Å². The Bertz CT molecular complexity index is 1570. The van der Waals surface area contributed by atoms with E-state index in [1.807, 2.05) is 29.8 Å². The summed E-state index contributed by atoms with van der Waals surface area (Å²) in [6.07, 6.45) is -1.19. The minimum absolute atomic E-state index is 0.0444. The standard InChI is InChI=1S/C29H28F3N3O6/c1-34-15-25(39-28(36)37)20-9-8-18(14-23(20)34)35-12-10-19(11-13-35)38-16-22-26(33-41-27(22)17-6-7-17)21-4-2-3-5-24(21)40-29(30,31)32/h2-5,8-9,14-15,17,19H,6-7,10-13,16H2,1H3,(H,36,37). The molecule has 2 aromatic heterocycles. The monoisotopic (exact) mass is 571 g/mol. The molecule has 0 spiro atoms. The molecule has 0 atom stereocenters.